The number of hydrogen-bond acceptors (Lipinski definition) is 7. The standard InChI is InChI=1S/C35H37ClF3N5O4/c36-30-11-9-24(20-29(30)35(37,38)39)23-40-42-34(47)28-22-27(44-14-2-1-3-15-44)10-12-31(28)41-33(46)26-7-4-6-25(21-26)32(45)8-5-13-43-16-18-48-19-17-43/h4,6-7,9-12,20-23H,1-3,5,8,13-19H2,(H,41,46)(H,42,47)/b40-23+. The van der Waals surface area contributed by atoms with Crippen LogP contribution in [0.1, 0.15) is 74.3 Å². The number of nitrogens with zero attached hydrogens (tertiary/aromatic N) is 3. The fourth-order valence-corrected chi connectivity index (χ4v) is 5.93. The zero-order valence-electron chi connectivity index (χ0n) is 26.3. The first-order valence-corrected chi connectivity index (χ1v) is 16.3. The average Bonchev–Trinajstić information content (AvgIpc) is 3.09. The Kier molecular flexibility index (Phi) is 11.9. The molecule has 5 rings (SSSR count). The average molecular weight is 684 g/mol. The van der Waals surface area contributed by atoms with Gasteiger partial charge in [-0.05, 0) is 80.3 Å². The second-order valence-corrected chi connectivity index (χ2v) is 12.1. The number of benzene rings is 3. The monoisotopic (exact) mass is 683 g/mol. The largest absolute Gasteiger partial charge is 0.417 e. The molecule has 254 valence electrons. The van der Waals surface area contributed by atoms with Gasteiger partial charge in [-0.2, -0.15) is 18.3 Å². The Morgan fingerprint density at radius 3 is 2.40 bits per heavy atom. The summed E-state index contributed by atoms with van der Waals surface area (Å²) in [6.07, 6.45) is 0.603. The number of halogens is 4. The molecule has 0 unspecified atom stereocenters. The maximum Gasteiger partial charge on any atom is 0.417 e. The van der Waals surface area contributed by atoms with E-state index >= 15 is 0 Å². The molecular weight excluding hydrogens is 647 g/mol. The van der Waals surface area contributed by atoms with Gasteiger partial charge >= 0.3 is 6.18 Å². The lowest BCUT2D eigenvalue weighted by Gasteiger charge is -2.29. The molecule has 2 N–H and O–H groups in total. The van der Waals surface area contributed by atoms with E-state index in [2.05, 4.69) is 25.6 Å². The van der Waals surface area contributed by atoms with Crippen molar-refractivity contribution in [3.05, 3.63) is 93.5 Å². The van der Waals surface area contributed by atoms with Gasteiger partial charge in [-0.25, -0.2) is 5.43 Å². The molecule has 9 nitrogen and oxygen atoms in total. The highest BCUT2D eigenvalue weighted by atomic mass is 35.5. The smallest absolute Gasteiger partial charge is 0.379 e. The Bertz CT molecular complexity index is 1650. The Morgan fingerprint density at radius 1 is 0.896 bits per heavy atom. The minimum Gasteiger partial charge on any atom is -0.379 e. The predicted molar refractivity (Wildman–Crippen MR) is 179 cm³/mol. The fraction of sp³-hybridized carbons (Fsp3) is 0.371. The highest BCUT2D eigenvalue weighted by molar-refractivity contribution is 6.31. The summed E-state index contributed by atoms with van der Waals surface area (Å²) in [6, 6.07) is 14.9. The number of hydrogen-bond donors (Lipinski definition) is 2. The van der Waals surface area contributed by atoms with E-state index in [0.29, 0.717) is 31.6 Å². The fourth-order valence-electron chi connectivity index (χ4n) is 5.70. The molecule has 2 heterocycles. The van der Waals surface area contributed by atoms with Crippen molar-refractivity contribution in [2.45, 2.75) is 38.3 Å². The van der Waals surface area contributed by atoms with Gasteiger partial charge in [0.1, 0.15) is 0 Å². The van der Waals surface area contributed by atoms with E-state index in [-0.39, 0.29) is 28.2 Å². The lowest BCUT2D eigenvalue weighted by molar-refractivity contribution is -0.137. The topological polar surface area (TPSA) is 103 Å². The quantitative estimate of drug-likeness (QED) is 0.133. The first-order chi connectivity index (χ1) is 23.1. The van der Waals surface area contributed by atoms with E-state index in [1.165, 1.54) is 6.07 Å². The molecule has 0 aliphatic carbocycles. The molecular formula is C35H37ClF3N5O4. The van der Waals surface area contributed by atoms with Crippen LogP contribution in [0, 0.1) is 0 Å². The van der Waals surface area contributed by atoms with Crippen LogP contribution in [0.25, 0.3) is 0 Å². The molecule has 2 aliphatic heterocycles. The number of ketones is 1. The van der Waals surface area contributed by atoms with Crippen molar-refractivity contribution >= 4 is 46.8 Å². The molecule has 3 aromatic rings. The van der Waals surface area contributed by atoms with Crippen LogP contribution in [0.3, 0.4) is 0 Å². The maximum atomic E-state index is 13.4. The van der Waals surface area contributed by atoms with Crippen LogP contribution in [0.5, 0.6) is 0 Å². The number of rotatable bonds is 11. The van der Waals surface area contributed by atoms with Crippen molar-refractivity contribution in [3.8, 4) is 0 Å². The highest BCUT2D eigenvalue weighted by Gasteiger charge is 2.33. The lowest BCUT2D eigenvalue weighted by Crippen LogP contribution is -2.36. The predicted octanol–water partition coefficient (Wildman–Crippen LogP) is 6.66. The molecule has 2 amide bonds. The van der Waals surface area contributed by atoms with Crippen molar-refractivity contribution in [1.29, 1.82) is 0 Å². The van der Waals surface area contributed by atoms with Crippen molar-refractivity contribution < 1.29 is 32.3 Å². The summed E-state index contributed by atoms with van der Waals surface area (Å²) in [4.78, 5) is 44.1. The molecule has 0 radical (unpaired) electrons. The number of piperidine rings is 1. The first kappa shape index (κ1) is 35.1. The number of alkyl halides is 3. The SMILES string of the molecule is O=C(CCCN1CCOCC1)c1cccc(C(=O)Nc2ccc(N3CCCCC3)cc2C(=O)N/N=C/c2ccc(Cl)c(C(F)(F)F)c2)c1. The van der Waals surface area contributed by atoms with Crippen LogP contribution in [-0.4, -0.2) is 74.6 Å². The Morgan fingerprint density at radius 2 is 1.65 bits per heavy atom. The number of hydrazone groups is 1. The van der Waals surface area contributed by atoms with Gasteiger partial charge in [0.15, 0.2) is 5.78 Å². The van der Waals surface area contributed by atoms with E-state index in [1.54, 1.807) is 36.4 Å². The minimum absolute atomic E-state index is 0.0650. The summed E-state index contributed by atoms with van der Waals surface area (Å²) in [5.41, 5.74) is 3.22. The second-order valence-electron chi connectivity index (χ2n) is 11.7. The summed E-state index contributed by atoms with van der Waals surface area (Å²) in [6.45, 7) is 5.51. The Labute approximate surface area is 282 Å². The van der Waals surface area contributed by atoms with Crippen LogP contribution in [0.4, 0.5) is 24.5 Å². The summed E-state index contributed by atoms with van der Waals surface area (Å²) in [7, 11) is 0. The molecule has 2 fully saturated rings. The Hall–Kier alpha value is -4.26. The molecule has 2 saturated heterocycles. The third-order valence-electron chi connectivity index (χ3n) is 8.32. The first-order valence-electron chi connectivity index (χ1n) is 15.9. The van der Waals surface area contributed by atoms with Crippen molar-refractivity contribution in [1.82, 2.24) is 10.3 Å². The number of carbonyl (C=O) groups excluding carboxylic acids is 3. The number of anilines is 2. The number of amides is 2. The van der Waals surface area contributed by atoms with Gasteiger partial charge in [0.05, 0.1) is 41.3 Å². The number of nitrogens with one attached hydrogen (secondary N) is 2. The Balaban J connectivity index is 1.30. The van der Waals surface area contributed by atoms with E-state index in [4.69, 9.17) is 16.3 Å². The molecule has 0 atom stereocenters. The zero-order chi connectivity index (χ0) is 34.1. The molecule has 0 saturated carbocycles. The van der Waals surface area contributed by atoms with Gasteiger partial charge in [0.2, 0.25) is 0 Å². The van der Waals surface area contributed by atoms with Crippen molar-refractivity contribution in [2.24, 2.45) is 5.10 Å². The van der Waals surface area contributed by atoms with Crippen LogP contribution in [0.2, 0.25) is 5.02 Å². The number of ether oxygens (including phenoxy) is 1. The molecule has 3 aromatic carbocycles. The molecule has 0 spiro atoms. The van der Waals surface area contributed by atoms with Gasteiger partial charge in [0, 0.05) is 49.4 Å². The van der Waals surface area contributed by atoms with Gasteiger partial charge < -0.3 is 15.0 Å². The second kappa shape index (κ2) is 16.2. The van der Waals surface area contributed by atoms with Gasteiger partial charge in [-0.15, -0.1) is 0 Å². The molecule has 48 heavy (non-hydrogen) atoms. The van der Waals surface area contributed by atoms with Gasteiger partial charge in [0.25, 0.3) is 11.8 Å². The minimum atomic E-state index is -4.65. The summed E-state index contributed by atoms with van der Waals surface area (Å²) in [5.74, 6) is -1.25. The van der Waals surface area contributed by atoms with Gasteiger partial charge in [-0.1, -0.05) is 29.8 Å². The lowest BCUT2D eigenvalue weighted by atomic mass is 10.0. The van der Waals surface area contributed by atoms with Crippen molar-refractivity contribution in [3.63, 3.8) is 0 Å². The molecule has 0 aromatic heterocycles. The van der Waals surface area contributed by atoms with E-state index in [1.807, 2.05) is 6.07 Å². The molecule has 0 bridgehead atoms. The third-order valence-corrected chi connectivity index (χ3v) is 8.65. The van der Waals surface area contributed by atoms with Crippen molar-refractivity contribution in [2.75, 3.05) is 56.2 Å². The summed E-state index contributed by atoms with van der Waals surface area (Å²) in [5, 5.41) is 6.21. The summed E-state index contributed by atoms with van der Waals surface area (Å²) < 4.78 is 45.2. The molecule has 2 aliphatic rings. The highest BCUT2D eigenvalue weighted by Crippen LogP contribution is 2.35. The van der Waals surface area contributed by atoms with Crippen LogP contribution < -0.4 is 15.6 Å². The maximum absolute atomic E-state index is 13.4. The number of Topliss-reactive ketones (excluding diaryl/α,β-unsaturated/α-hetero) is 1. The zero-order valence-corrected chi connectivity index (χ0v) is 27.1. The van der Waals surface area contributed by atoms with E-state index in [0.717, 1.165) is 76.0 Å². The van der Waals surface area contributed by atoms with E-state index in [9.17, 15) is 27.6 Å². The van der Waals surface area contributed by atoms with E-state index < -0.39 is 28.6 Å². The van der Waals surface area contributed by atoms with Crippen LogP contribution in [-0.2, 0) is 10.9 Å². The van der Waals surface area contributed by atoms with Gasteiger partial charge in [-0.3, -0.25) is 19.3 Å². The number of carbonyl (C=O) groups is 3. The van der Waals surface area contributed by atoms with Crippen LogP contribution in [0.15, 0.2) is 65.8 Å². The van der Waals surface area contributed by atoms with Crippen LogP contribution >= 0.6 is 11.6 Å². The number of morpholine rings is 1. The summed E-state index contributed by atoms with van der Waals surface area (Å²) >= 11 is 5.70. The normalized spacial score (nSPS) is 15.8. The molecule has 13 heteroatoms. The third kappa shape index (κ3) is 9.42.